The van der Waals surface area contributed by atoms with Crippen LogP contribution in [0.1, 0.15) is 32.6 Å². The van der Waals surface area contributed by atoms with Gasteiger partial charge >= 0.3 is 0 Å². The minimum absolute atomic E-state index is 0.310. The molecule has 1 aromatic carbocycles. The fraction of sp³-hybridized carbons (Fsp3) is 0.444. The molecule has 4 nitrogen and oxygen atoms in total. The van der Waals surface area contributed by atoms with E-state index in [1.165, 1.54) is 19.3 Å². The van der Waals surface area contributed by atoms with E-state index in [0.717, 1.165) is 36.1 Å². The third kappa shape index (κ3) is 4.35. The highest BCUT2D eigenvalue weighted by Gasteiger charge is 2.08. The van der Waals surface area contributed by atoms with Gasteiger partial charge in [0, 0.05) is 54.1 Å². The van der Waals surface area contributed by atoms with Gasteiger partial charge in [-0.25, -0.2) is 0 Å². The van der Waals surface area contributed by atoms with E-state index in [1.807, 2.05) is 36.7 Å². The molecule has 0 aliphatic carbocycles. The summed E-state index contributed by atoms with van der Waals surface area (Å²) in [6.45, 7) is 4.35. The quantitative estimate of drug-likeness (QED) is 0.817. The number of pyridine rings is 1. The summed E-state index contributed by atoms with van der Waals surface area (Å²) in [4.78, 5) is 4.38. The largest absolute Gasteiger partial charge is 0.382 e. The molecule has 0 saturated carbocycles. The van der Waals surface area contributed by atoms with Gasteiger partial charge in [-0.15, -0.1) is 0 Å². The molecule has 1 N–H and O–H groups in total. The summed E-state index contributed by atoms with van der Waals surface area (Å²) in [5, 5.41) is 12.1. The van der Waals surface area contributed by atoms with E-state index in [-0.39, 0.29) is 0 Å². The Labute approximate surface area is 142 Å². The van der Waals surface area contributed by atoms with Gasteiger partial charge in [0.05, 0.1) is 5.52 Å². The lowest BCUT2D eigenvalue weighted by Crippen LogP contribution is -2.25. The molecule has 1 aromatic heterocycles. The van der Waals surface area contributed by atoms with Crippen LogP contribution in [-0.4, -0.2) is 35.3 Å². The first-order valence-corrected chi connectivity index (χ1v) is 8.68. The highest BCUT2D eigenvalue weighted by Crippen LogP contribution is 2.25. The maximum Gasteiger partial charge on any atom is 0.0737 e. The van der Waals surface area contributed by atoms with Gasteiger partial charge in [0.15, 0.2) is 0 Å². The van der Waals surface area contributed by atoms with Crippen molar-refractivity contribution in [2.75, 3.05) is 18.4 Å². The predicted octanol–water partition coefficient (Wildman–Crippen LogP) is 4.55. The second kappa shape index (κ2) is 7.64. The summed E-state index contributed by atoms with van der Waals surface area (Å²) in [6.07, 6.45) is 8.60. The van der Waals surface area contributed by atoms with Crippen LogP contribution in [0.15, 0.2) is 35.6 Å². The van der Waals surface area contributed by atoms with Crippen LogP contribution < -0.4 is 5.32 Å². The van der Waals surface area contributed by atoms with Gasteiger partial charge in [-0.3, -0.25) is 9.99 Å². The van der Waals surface area contributed by atoms with Crippen molar-refractivity contribution in [2.45, 2.75) is 38.6 Å². The maximum absolute atomic E-state index is 6.04. The van der Waals surface area contributed by atoms with Crippen LogP contribution >= 0.6 is 11.6 Å². The molecule has 1 atom stereocenters. The van der Waals surface area contributed by atoms with Crippen LogP contribution in [0.3, 0.4) is 0 Å². The molecule has 0 spiro atoms. The van der Waals surface area contributed by atoms with E-state index >= 15 is 0 Å². The van der Waals surface area contributed by atoms with Gasteiger partial charge in [0.2, 0.25) is 0 Å². The van der Waals surface area contributed by atoms with Gasteiger partial charge in [-0.05, 0) is 50.5 Å². The van der Waals surface area contributed by atoms with Gasteiger partial charge in [-0.1, -0.05) is 11.6 Å². The average Bonchev–Trinajstić information content (AvgIpc) is 2.56. The Hall–Kier alpha value is -1.81. The van der Waals surface area contributed by atoms with E-state index in [4.69, 9.17) is 11.6 Å². The Morgan fingerprint density at radius 1 is 1.30 bits per heavy atom. The topological polar surface area (TPSA) is 40.5 Å². The van der Waals surface area contributed by atoms with Crippen molar-refractivity contribution in [2.24, 2.45) is 5.10 Å². The number of aromatic nitrogens is 1. The molecule has 1 saturated heterocycles. The molecule has 0 amide bonds. The summed E-state index contributed by atoms with van der Waals surface area (Å²) >= 11 is 6.04. The van der Waals surface area contributed by atoms with Crippen LogP contribution in [-0.2, 0) is 0 Å². The maximum atomic E-state index is 6.04. The number of nitrogens with one attached hydrogen (secondary N) is 1. The number of nitrogens with zero attached hydrogens (tertiary/aromatic N) is 3. The van der Waals surface area contributed by atoms with Crippen molar-refractivity contribution in [3.63, 3.8) is 0 Å². The number of hydrazone groups is 1. The SMILES string of the molecule is C[C@@H](C/C=N\N1CCCCC1)Nc1ccnc2cc(Cl)ccc12. The number of piperidine rings is 1. The molecular weight excluding hydrogens is 308 g/mol. The fourth-order valence-electron chi connectivity index (χ4n) is 2.88. The van der Waals surface area contributed by atoms with E-state index in [9.17, 15) is 0 Å². The second-order valence-corrected chi connectivity index (χ2v) is 6.55. The zero-order valence-electron chi connectivity index (χ0n) is 13.5. The van der Waals surface area contributed by atoms with Crippen molar-refractivity contribution >= 4 is 34.4 Å². The predicted molar refractivity (Wildman–Crippen MR) is 98.4 cm³/mol. The van der Waals surface area contributed by atoms with Crippen molar-refractivity contribution in [3.8, 4) is 0 Å². The van der Waals surface area contributed by atoms with Crippen LogP contribution in [0, 0.1) is 0 Å². The van der Waals surface area contributed by atoms with E-state index in [2.05, 4.69) is 27.3 Å². The first kappa shape index (κ1) is 16.1. The van der Waals surface area contributed by atoms with Crippen molar-refractivity contribution in [3.05, 3.63) is 35.5 Å². The van der Waals surface area contributed by atoms with Gasteiger partial charge in [-0.2, -0.15) is 5.10 Å². The summed E-state index contributed by atoms with van der Waals surface area (Å²) in [7, 11) is 0. The highest BCUT2D eigenvalue weighted by atomic mass is 35.5. The monoisotopic (exact) mass is 330 g/mol. The Morgan fingerprint density at radius 3 is 2.96 bits per heavy atom. The lowest BCUT2D eigenvalue weighted by atomic mass is 10.1. The summed E-state index contributed by atoms with van der Waals surface area (Å²) in [6, 6.07) is 8.13. The summed E-state index contributed by atoms with van der Waals surface area (Å²) in [5.74, 6) is 0. The Balaban J connectivity index is 1.61. The molecule has 0 bridgehead atoms. The molecule has 1 fully saturated rings. The first-order valence-electron chi connectivity index (χ1n) is 8.30. The van der Waals surface area contributed by atoms with E-state index < -0.39 is 0 Å². The van der Waals surface area contributed by atoms with Crippen LogP contribution in [0.5, 0.6) is 0 Å². The van der Waals surface area contributed by atoms with Gasteiger partial charge < -0.3 is 5.32 Å². The zero-order chi connectivity index (χ0) is 16.1. The van der Waals surface area contributed by atoms with Crippen LogP contribution in [0.2, 0.25) is 5.02 Å². The fourth-order valence-corrected chi connectivity index (χ4v) is 3.05. The molecular formula is C18H23ClN4. The van der Waals surface area contributed by atoms with Crippen molar-refractivity contribution in [1.29, 1.82) is 0 Å². The average molecular weight is 331 g/mol. The Bertz CT molecular complexity index is 680. The van der Waals surface area contributed by atoms with Crippen molar-refractivity contribution in [1.82, 2.24) is 9.99 Å². The second-order valence-electron chi connectivity index (χ2n) is 6.11. The summed E-state index contributed by atoms with van der Waals surface area (Å²) < 4.78 is 0. The molecule has 2 aromatic rings. The molecule has 23 heavy (non-hydrogen) atoms. The number of halogens is 1. The molecule has 3 rings (SSSR count). The first-order chi connectivity index (χ1) is 11.2. The number of hydrogen-bond donors (Lipinski definition) is 1. The van der Waals surface area contributed by atoms with Gasteiger partial charge in [0.25, 0.3) is 0 Å². The third-order valence-electron chi connectivity index (χ3n) is 4.14. The number of rotatable bonds is 5. The molecule has 2 heterocycles. The Morgan fingerprint density at radius 2 is 2.13 bits per heavy atom. The minimum Gasteiger partial charge on any atom is -0.382 e. The molecule has 0 radical (unpaired) electrons. The summed E-state index contributed by atoms with van der Waals surface area (Å²) in [5.41, 5.74) is 2.00. The van der Waals surface area contributed by atoms with Crippen LogP contribution in [0.4, 0.5) is 5.69 Å². The van der Waals surface area contributed by atoms with Gasteiger partial charge in [0.1, 0.15) is 0 Å². The third-order valence-corrected chi connectivity index (χ3v) is 4.38. The molecule has 5 heteroatoms. The lowest BCUT2D eigenvalue weighted by molar-refractivity contribution is 0.240. The zero-order valence-corrected chi connectivity index (χ0v) is 14.3. The number of benzene rings is 1. The standard InChI is InChI=1S/C18H23ClN4/c1-14(7-10-21-23-11-3-2-4-12-23)22-17-8-9-20-18-13-15(19)5-6-16(17)18/h5-6,8-10,13-14H,2-4,7,11-12H2,1H3,(H,20,22)/b21-10-/t14-/m0/s1. The lowest BCUT2D eigenvalue weighted by Gasteiger charge is -2.23. The smallest absolute Gasteiger partial charge is 0.0737 e. The molecule has 122 valence electrons. The van der Waals surface area contributed by atoms with E-state index in [1.54, 1.807) is 0 Å². The normalized spacial score (nSPS) is 16.9. The van der Waals surface area contributed by atoms with Crippen LogP contribution in [0.25, 0.3) is 10.9 Å². The minimum atomic E-state index is 0.310. The Kier molecular flexibility index (Phi) is 5.34. The molecule has 1 aliphatic rings. The highest BCUT2D eigenvalue weighted by molar-refractivity contribution is 6.31. The van der Waals surface area contributed by atoms with Crippen molar-refractivity contribution < 1.29 is 0 Å². The number of hydrogen-bond acceptors (Lipinski definition) is 4. The molecule has 0 unspecified atom stereocenters. The van der Waals surface area contributed by atoms with E-state index in [0.29, 0.717) is 11.1 Å². The number of anilines is 1. The number of fused-ring (bicyclic) bond motifs is 1. The molecule has 1 aliphatic heterocycles.